The van der Waals surface area contributed by atoms with E-state index in [4.69, 9.17) is 10.5 Å². The van der Waals surface area contributed by atoms with E-state index in [0.29, 0.717) is 6.54 Å². The molecule has 0 radical (unpaired) electrons. The number of nitrogens with two attached hydrogens (primary N) is 1. The lowest BCUT2D eigenvalue weighted by Gasteiger charge is -2.23. The van der Waals surface area contributed by atoms with Gasteiger partial charge in [-0.15, -0.1) is 12.4 Å². The fraction of sp³-hybridized carbons (Fsp3) is 0.467. The lowest BCUT2D eigenvalue weighted by atomic mass is 10.2. The van der Waals surface area contributed by atoms with E-state index in [2.05, 4.69) is 5.32 Å². The van der Waals surface area contributed by atoms with E-state index < -0.39 is 0 Å². The Kier molecular flexibility index (Phi) is 7.14. The second-order valence-electron chi connectivity index (χ2n) is 5.08. The maximum atomic E-state index is 12.2. The monoisotopic (exact) mass is 327 g/mol. The molecule has 6 nitrogen and oxygen atoms in total. The number of nitrogens with one attached hydrogen (secondary N) is 1. The highest BCUT2D eigenvalue weighted by Crippen LogP contribution is 2.28. The summed E-state index contributed by atoms with van der Waals surface area (Å²) < 4.78 is 5.12. The van der Waals surface area contributed by atoms with Gasteiger partial charge in [-0.05, 0) is 30.5 Å². The average molecular weight is 328 g/mol. The fourth-order valence-corrected chi connectivity index (χ4v) is 2.08. The van der Waals surface area contributed by atoms with Gasteiger partial charge in [0.1, 0.15) is 5.75 Å². The smallest absolute Gasteiger partial charge is 0.242 e. The molecule has 122 valence electrons. The first kappa shape index (κ1) is 18.3. The van der Waals surface area contributed by atoms with Crippen LogP contribution >= 0.6 is 12.4 Å². The Bertz CT molecular complexity index is 503. The van der Waals surface area contributed by atoms with Gasteiger partial charge in [-0.3, -0.25) is 9.59 Å². The van der Waals surface area contributed by atoms with Gasteiger partial charge in [0, 0.05) is 12.6 Å². The van der Waals surface area contributed by atoms with Crippen LogP contribution in [0.5, 0.6) is 5.75 Å². The average Bonchev–Trinajstić information content (AvgIpc) is 3.35. The molecule has 1 aromatic carbocycles. The number of nitrogens with zero attached hydrogens (tertiary/aromatic N) is 1. The minimum Gasteiger partial charge on any atom is -0.497 e. The van der Waals surface area contributed by atoms with Crippen molar-refractivity contribution >= 4 is 24.2 Å². The van der Waals surface area contributed by atoms with Crippen LogP contribution in [0.2, 0.25) is 0 Å². The maximum Gasteiger partial charge on any atom is 0.242 e. The van der Waals surface area contributed by atoms with Crippen molar-refractivity contribution in [2.24, 2.45) is 5.73 Å². The zero-order valence-corrected chi connectivity index (χ0v) is 13.4. The summed E-state index contributed by atoms with van der Waals surface area (Å²) in [7, 11) is 1.62. The van der Waals surface area contributed by atoms with Gasteiger partial charge < -0.3 is 20.7 Å². The van der Waals surface area contributed by atoms with Crippen LogP contribution in [0.25, 0.3) is 0 Å². The molecular formula is C15H22ClN3O3. The van der Waals surface area contributed by atoms with Crippen molar-refractivity contribution < 1.29 is 14.3 Å². The standard InChI is InChI=1S/C15H21N3O3.ClH/c1-21-13-6-2-11(3-7-13)10-18(12-4-5-12)15(20)9-17-14(19)8-16;/h2-3,6-7,12H,4-5,8-10,16H2,1H3,(H,17,19);1H. The molecule has 1 aliphatic rings. The largest absolute Gasteiger partial charge is 0.497 e. The topological polar surface area (TPSA) is 84.7 Å². The van der Waals surface area contributed by atoms with E-state index in [1.807, 2.05) is 29.2 Å². The molecule has 0 aromatic heterocycles. The highest BCUT2D eigenvalue weighted by molar-refractivity contribution is 5.86. The molecule has 1 aliphatic carbocycles. The Morgan fingerprint density at radius 3 is 2.45 bits per heavy atom. The van der Waals surface area contributed by atoms with Crippen LogP contribution in [0.4, 0.5) is 0 Å². The number of halogens is 1. The second-order valence-corrected chi connectivity index (χ2v) is 5.08. The predicted octanol–water partition coefficient (Wildman–Crippen LogP) is 0.683. The summed E-state index contributed by atoms with van der Waals surface area (Å²) in [5, 5.41) is 2.52. The Balaban J connectivity index is 0.00000242. The molecule has 3 N–H and O–H groups in total. The number of benzene rings is 1. The van der Waals surface area contributed by atoms with Gasteiger partial charge in [0.15, 0.2) is 0 Å². The van der Waals surface area contributed by atoms with Crippen LogP contribution in [-0.2, 0) is 16.1 Å². The van der Waals surface area contributed by atoms with Gasteiger partial charge in [-0.2, -0.15) is 0 Å². The molecule has 22 heavy (non-hydrogen) atoms. The SMILES string of the molecule is COc1ccc(CN(C(=O)CNC(=O)CN)C2CC2)cc1.Cl. The molecule has 0 saturated heterocycles. The molecule has 0 bridgehead atoms. The number of amides is 2. The van der Waals surface area contributed by atoms with E-state index in [9.17, 15) is 9.59 Å². The summed E-state index contributed by atoms with van der Waals surface area (Å²) in [6.07, 6.45) is 2.04. The first-order chi connectivity index (χ1) is 10.1. The third-order valence-corrected chi connectivity index (χ3v) is 3.44. The Morgan fingerprint density at radius 2 is 1.95 bits per heavy atom. The van der Waals surface area contributed by atoms with Gasteiger partial charge in [-0.1, -0.05) is 12.1 Å². The van der Waals surface area contributed by atoms with E-state index >= 15 is 0 Å². The number of carbonyl (C=O) groups is 2. The molecule has 1 fully saturated rings. The summed E-state index contributed by atoms with van der Waals surface area (Å²) in [4.78, 5) is 25.2. The highest BCUT2D eigenvalue weighted by Gasteiger charge is 2.32. The molecule has 2 rings (SSSR count). The molecule has 0 unspecified atom stereocenters. The normalized spacial score (nSPS) is 13.0. The summed E-state index contributed by atoms with van der Waals surface area (Å²) in [5.41, 5.74) is 6.25. The van der Waals surface area contributed by atoms with Crippen molar-refractivity contribution in [2.45, 2.75) is 25.4 Å². The lowest BCUT2D eigenvalue weighted by molar-refractivity contribution is -0.133. The third kappa shape index (κ3) is 5.20. The fourth-order valence-electron chi connectivity index (χ4n) is 2.08. The van der Waals surface area contributed by atoms with Crippen molar-refractivity contribution in [2.75, 3.05) is 20.2 Å². The van der Waals surface area contributed by atoms with E-state index in [-0.39, 0.29) is 43.4 Å². The zero-order valence-electron chi connectivity index (χ0n) is 12.6. The first-order valence-electron chi connectivity index (χ1n) is 7.03. The predicted molar refractivity (Wildman–Crippen MR) is 85.9 cm³/mol. The van der Waals surface area contributed by atoms with Crippen molar-refractivity contribution in [1.29, 1.82) is 0 Å². The molecule has 0 atom stereocenters. The number of rotatable bonds is 7. The quantitative estimate of drug-likeness (QED) is 0.771. The van der Waals surface area contributed by atoms with Gasteiger partial charge in [-0.25, -0.2) is 0 Å². The van der Waals surface area contributed by atoms with Gasteiger partial charge >= 0.3 is 0 Å². The lowest BCUT2D eigenvalue weighted by Crippen LogP contribution is -2.42. The number of methoxy groups -OCH3 is 1. The van der Waals surface area contributed by atoms with Crippen LogP contribution in [0.15, 0.2) is 24.3 Å². The second kappa shape index (κ2) is 8.60. The molecule has 2 amide bonds. The van der Waals surface area contributed by atoms with Crippen molar-refractivity contribution in [1.82, 2.24) is 10.2 Å². The molecule has 7 heteroatoms. The summed E-state index contributed by atoms with van der Waals surface area (Å²) in [6.45, 7) is 0.448. The Morgan fingerprint density at radius 1 is 1.32 bits per heavy atom. The third-order valence-electron chi connectivity index (χ3n) is 3.44. The summed E-state index contributed by atoms with van der Waals surface area (Å²) in [5.74, 6) is 0.400. The molecule has 0 heterocycles. The van der Waals surface area contributed by atoms with Crippen LogP contribution in [0.3, 0.4) is 0 Å². The zero-order chi connectivity index (χ0) is 15.2. The Hall–Kier alpha value is -1.79. The number of carbonyl (C=O) groups excluding carboxylic acids is 2. The van der Waals surface area contributed by atoms with Crippen LogP contribution < -0.4 is 15.8 Å². The minimum absolute atomic E-state index is 0. The van der Waals surface area contributed by atoms with E-state index in [1.54, 1.807) is 7.11 Å². The van der Waals surface area contributed by atoms with Crippen LogP contribution in [-0.4, -0.2) is 43.0 Å². The minimum atomic E-state index is -0.316. The van der Waals surface area contributed by atoms with Crippen molar-refractivity contribution in [3.63, 3.8) is 0 Å². The first-order valence-corrected chi connectivity index (χ1v) is 7.03. The van der Waals surface area contributed by atoms with E-state index in [1.165, 1.54) is 0 Å². The van der Waals surface area contributed by atoms with Crippen molar-refractivity contribution in [3.05, 3.63) is 29.8 Å². The number of hydrogen-bond acceptors (Lipinski definition) is 4. The molecule has 1 saturated carbocycles. The van der Waals surface area contributed by atoms with Crippen LogP contribution in [0, 0.1) is 0 Å². The van der Waals surface area contributed by atoms with Gasteiger partial charge in [0.2, 0.25) is 11.8 Å². The van der Waals surface area contributed by atoms with E-state index in [0.717, 1.165) is 24.2 Å². The summed E-state index contributed by atoms with van der Waals surface area (Å²) in [6, 6.07) is 7.93. The Labute approximate surface area is 136 Å². The summed E-state index contributed by atoms with van der Waals surface area (Å²) >= 11 is 0. The molecule has 1 aromatic rings. The van der Waals surface area contributed by atoms with Gasteiger partial charge in [0.25, 0.3) is 0 Å². The highest BCUT2D eigenvalue weighted by atomic mass is 35.5. The number of ether oxygens (including phenoxy) is 1. The number of hydrogen-bond donors (Lipinski definition) is 2. The maximum absolute atomic E-state index is 12.2. The molecule has 0 spiro atoms. The molecule has 0 aliphatic heterocycles. The molecular weight excluding hydrogens is 306 g/mol. The van der Waals surface area contributed by atoms with Crippen molar-refractivity contribution in [3.8, 4) is 5.75 Å². The van der Waals surface area contributed by atoms with Crippen LogP contribution in [0.1, 0.15) is 18.4 Å². The van der Waals surface area contributed by atoms with Gasteiger partial charge in [0.05, 0.1) is 20.2 Å².